The number of ether oxygens (including phenoxy) is 3. The Hall–Kier alpha value is -3.28. The summed E-state index contributed by atoms with van der Waals surface area (Å²) in [4.78, 5) is 38.4. The van der Waals surface area contributed by atoms with Crippen molar-refractivity contribution in [3.05, 3.63) is 58.6 Å². The van der Waals surface area contributed by atoms with Gasteiger partial charge in [0.1, 0.15) is 24.4 Å². The van der Waals surface area contributed by atoms with Crippen LogP contribution in [-0.2, 0) is 20.8 Å². The molecule has 0 spiro atoms. The number of anilines is 1. The van der Waals surface area contributed by atoms with E-state index < -0.39 is 47.5 Å². The van der Waals surface area contributed by atoms with E-state index in [1.54, 1.807) is 30.3 Å². The molecule has 160 valence electrons. The normalized spacial score (nSPS) is 23.0. The van der Waals surface area contributed by atoms with Gasteiger partial charge >= 0.3 is 18.0 Å². The Kier molecular flexibility index (Phi) is 6.77. The third-order valence-corrected chi connectivity index (χ3v) is 5.72. The number of halogens is 1. The van der Waals surface area contributed by atoms with Gasteiger partial charge in [-0.3, -0.25) is 4.57 Å². The Morgan fingerprint density at radius 2 is 1.97 bits per heavy atom. The Labute approximate surface area is 173 Å². The van der Waals surface area contributed by atoms with E-state index in [4.69, 9.17) is 20.3 Å². The topological polar surface area (TPSA) is 143 Å². The van der Waals surface area contributed by atoms with Crippen LogP contribution in [0.5, 0.6) is 0 Å². The van der Waals surface area contributed by atoms with Crippen LogP contribution in [0.4, 0.5) is 19.8 Å². The number of nitrogens with two attached hydrogens (primary N) is 1. The van der Waals surface area contributed by atoms with Gasteiger partial charge in [-0.25, -0.2) is 18.8 Å². The summed E-state index contributed by atoms with van der Waals surface area (Å²) >= 11 is 0.884. The zero-order valence-corrected chi connectivity index (χ0v) is 16.2. The second-order valence-corrected chi connectivity index (χ2v) is 7.60. The summed E-state index contributed by atoms with van der Waals surface area (Å²) in [6.07, 6.45) is -4.70. The molecule has 0 amide bonds. The van der Waals surface area contributed by atoms with Gasteiger partial charge < -0.3 is 25.1 Å². The molecule has 0 aliphatic carbocycles. The minimum Gasteiger partial charge on any atom is -0.450 e. The van der Waals surface area contributed by atoms with E-state index in [9.17, 15) is 14.4 Å². The second kappa shape index (κ2) is 9.48. The molecule has 1 unspecified atom stereocenters. The molecule has 2 aromatic rings. The Morgan fingerprint density at radius 3 is 2.63 bits per heavy atom. The molecule has 1 aromatic carbocycles. The molecule has 1 saturated heterocycles. The maximum atomic E-state index is 15.1. The number of thioether (sulfide) groups is 1. The number of hydrogen-bond acceptors (Lipinski definition) is 9. The van der Waals surface area contributed by atoms with Crippen LogP contribution in [0.3, 0.4) is 0 Å². The van der Waals surface area contributed by atoms with E-state index in [1.165, 1.54) is 12.3 Å². The standard InChI is InChI=1S/C18H18FN3O7S/c19-13-14(29-18(26)28-8-10-4-2-1-3-5-10)11(9-27-17(24)25)30-15(13)22-7-6-12(20)21-16(22)23/h1-7,11,13-15H,8-9H2,(H,24,25)(H2,20,21,23)/t11-,13+,14-,15?/m1/s1. The van der Waals surface area contributed by atoms with Gasteiger partial charge in [0.2, 0.25) is 0 Å². The summed E-state index contributed by atoms with van der Waals surface area (Å²) < 4.78 is 30.8. The highest BCUT2D eigenvalue weighted by Crippen LogP contribution is 2.44. The molecule has 2 heterocycles. The number of carbonyl (C=O) groups is 2. The van der Waals surface area contributed by atoms with Gasteiger partial charge in [-0.05, 0) is 11.6 Å². The Morgan fingerprint density at radius 1 is 1.23 bits per heavy atom. The van der Waals surface area contributed by atoms with Gasteiger partial charge in [-0.1, -0.05) is 30.3 Å². The lowest BCUT2D eigenvalue weighted by Gasteiger charge is -2.20. The molecular weight excluding hydrogens is 421 g/mol. The van der Waals surface area contributed by atoms with Crippen LogP contribution in [-0.4, -0.2) is 51.1 Å². The molecule has 10 nitrogen and oxygen atoms in total. The van der Waals surface area contributed by atoms with Crippen molar-refractivity contribution in [1.82, 2.24) is 9.55 Å². The molecule has 1 fully saturated rings. The van der Waals surface area contributed by atoms with Gasteiger partial charge in [0.15, 0.2) is 12.3 Å². The largest absolute Gasteiger partial charge is 0.509 e. The number of carboxylic acid groups (broad SMARTS) is 1. The average Bonchev–Trinajstić information content (AvgIpc) is 3.01. The molecule has 0 radical (unpaired) electrons. The number of rotatable bonds is 6. The SMILES string of the molecule is Nc1ccn(C2S[C@H](COC(=O)O)[C@@H](OC(=O)OCc3ccccc3)[C@@H]2F)c(=O)n1. The van der Waals surface area contributed by atoms with E-state index in [-0.39, 0.29) is 12.4 Å². The van der Waals surface area contributed by atoms with Crippen LogP contribution < -0.4 is 11.4 Å². The van der Waals surface area contributed by atoms with Crippen LogP contribution in [0, 0.1) is 0 Å². The lowest BCUT2D eigenvalue weighted by atomic mass is 10.1. The fourth-order valence-corrected chi connectivity index (χ4v) is 4.29. The molecule has 12 heteroatoms. The number of benzene rings is 1. The second-order valence-electron chi connectivity index (χ2n) is 6.24. The number of carbonyl (C=O) groups excluding carboxylic acids is 1. The molecule has 0 bridgehead atoms. The minimum absolute atomic E-state index is 0.0299. The Bertz CT molecular complexity index is 958. The number of alkyl halides is 1. The van der Waals surface area contributed by atoms with E-state index >= 15 is 4.39 Å². The van der Waals surface area contributed by atoms with E-state index in [0.717, 1.165) is 16.3 Å². The van der Waals surface area contributed by atoms with Gasteiger partial charge in [0.05, 0.1) is 5.25 Å². The smallest absolute Gasteiger partial charge is 0.450 e. The Balaban J connectivity index is 1.72. The highest BCUT2D eigenvalue weighted by Gasteiger charge is 2.49. The van der Waals surface area contributed by atoms with E-state index in [1.807, 2.05) is 0 Å². The van der Waals surface area contributed by atoms with Gasteiger partial charge in [0, 0.05) is 6.20 Å². The lowest BCUT2D eigenvalue weighted by molar-refractivity contribution is -0.0164. The average molecular weight is 439 g/mol. The van der Waals surface area contributed by atoms with Crippen molar-refractivity contribution in [3.63, 3.8) is 0 Å². The zero-order chi connectivity index (χ0) is 21.7. The quantitative estimate of drug-likeness (QED) is 0.643. The minimum atomic E-state index is -1.86. The van der Waals surface area contributed by atoms with Gasteiger partial charge in [-0.15, -0.1) is 11.8 Å². The molecule has 1 aliphatic rings. The van der Waals surface area contributed by atoms with Crippen LogP contribution in [0.1, 0.15) is 10.9 Å². The summed E-state index contributed by atoms with van der Waals surface area (Å²) in [5.41, 5.74) is 5.36. The van der Waals surface area contributed by atoms with Crippen molar-refractivity contribution in [1.29, 1.82) is 0 Å². The van der Waals surface area contributed by atoms with Crippen molar-refractivity contribution in [3.8, 4) is 0 Å². The number of aromatic nitrogens is 2. The first-order valence-electron chi connectivity index (χ1n) is 8.72. The summed E-state index contributed by atoms with van der Waals surface area (Å²) in [5.74, 6) is -0.0299. The van der Waals surface area contributed by atoms with Gasteiger partial charge in [-0.2, -0.15) is 4.98 Å². The number of hydrogen-bond donors (Lipinski definition) is 2. The van der Waals surface area contributed by atoms with E-state index in [0.29, 0.717) is 5.56 Å². The predicted molar refractivity (Wildman–Crippen MR) is 104 cm³/mol. The van der Waals surface area contributed by atoms with Crippen LogP contribution in [0.2, 0.25) is 0 Å². The summed E-state index contributed by atoms with van der Waals surface area (Å²) in [6.45, 7) is -0.539. The highest BCUT2D eigenvalue weighted by atomic mass is 32.2. The predicted octanol–water partition coefficient (Wildman–Crippen LogP) is 2.19. The van der Waals surface area contributed by atoms with Crippen LogP contribution >= 0.6 is 11.8 Å². The lowest BCUT2D eigenvalue weighted by Crippen LogP contribution is -2.37. The van der Waals surface area contributed by atoms with Crippen LogP contribution in [0.25, 0.3) is 0 Å². The fraction of sp³-hybridized carbons (Fsp3) is 0.333. The number of nitrogen functional groups attached to an aromatic ring is 1. The first-order valence-corrected chi connectivity index (χ1v) is 9.66. The van der Waals surface area contributed by atoms with Crippen molar-refractivity contribution in [2.24, 2.45) is 0 Å². The molecule has 3 N–H and O–H groups in total. The third kappa shape index (κ3) is 5.20. The first kappa shape index (κ1) is 21.4. The molecule has 0 saturated carbocycles. The molecular formula is C18H18FN3O7S. The monoisotopic (exact) mass is 439 g/mol. The zero-order valence-electron chi connectivity index (χ0n) is 15.4. The van der Waals surface area contributed by atoms with Crippen molar-refractivity contribution in [2.75, 3.05) is 12.3 Å². The van der Waals surface area contributed by atoms with Crippen LogP contribution in [0.15, 0.2) is 47.4 Å². The summed E-state index contributed by atoms with van der Waals surface area (Å²) in [6, 6.07) is 10.1. The number of nitrogens with zero attached hydrogens (tertiary/aromatic N) is 2. The first-order chi connectivity index (χ1) is 14.3. The summed E-state index contributed by atoms with van der Waals surface area (Å²) in [7, 11) is 0. The maximum absolute atomic E-state index is 15.1. The molecule has 30 heavy (non-hydrogen) atoms. The van der Waals surface area contributed by atoms with Crippen molar-refractivity contribution < 1.29 is 33.3 Å². The van der Waals surface area contributed by atoms with Gasteiger partial charge in [0.25, 0.3) is 0 Å². The van der Waals surface area contributed by atoms with E-state index in [2.05, 4.69) is 9.72 Å². The fourth-order valence-electron chi connectivity index (χ4n) is 2.83. The molecule has 3 rings (SSSR count). The maximum Gasteiger partial charge on any atom is 0.509 e. The highest BCUT2D eigenvalue weighted by molar-refractivity contribution is 8.00. The molecule has 4 atom stereocenters. The third-order valence-electron chi connectivity index (χ3n) is 4.20. The summed E-state index contributed by atoms with van der Waals surface area (Å²) in [5, 5.41) is 6.71. The van der Waals surface area contributed by atoms with Crippen molar-refractivity contribution in [2.45, 2.75) is 29.5 Å². The van der Waals surface area contributed by atoms with Crippen molar-refractivity contribution >= 4 is 29.9 Å². The molecule has 1 aliphatic heterocycles. The molecule has 1 aromatic heterocycles.